The molecule has 0 bridgehead atoms. The topological polar surface area (TPSA) is 92.8 Å². The second-order valence-corrected chi connectivity index (χ2v) is 8.05. The quantitative estimate of drug-likeness (QED) is 0.742. The van der Waals surface area contributed by atoms with Crippen molar-refractivity contribution in [1.82, 2.24) is 4.90 Å². The number of hydrogen-bond acceptors (Lipinski definition) is 5. The molecule has 0 radical (unpaired) electrons. The molecule has 0 aliphatic carbocycles. The van der Waals surface area contributed by atoms with E-state index in [4.69, 9.17) is 4.74 Å². The molecule has 0 spiro atoms. The summed E-state index contributed by atoms with van der Waals surface area (Å²) in [6.07, 6.45) is -1.01. The van der Waals surface area contributed by atoms with Crippen molar-refractivity contribution in [3.8, 4) is 0 Å². The van der Waals surface area contributed by atoms with Gasteiger partial charge in [-0.15, -0.1) is 0 Å². The van der Waals surface area contributed by atoms with Crippen molar-refractivity contribution in [3.05, 3.63) is 59.4 Å². The predicted molar refractivity (Wildman–Crippen MR) is 102 cm³/mol. The third kappa shape index (κ3) is 5.07. The van der Waals surface area contributed by atoms with Crippen LogP contribution in [0.3, 0.4) is 0 Å². The number of hydrogen-bond donors (Lipinski definition) is 1. The van der Waals surface area contributed by atoms with E-state index in [1.165, 1.54) is 56.3 Å². The second kappa shape index (κ2) is 8.39. The number of carbonyl (C=O) groups excluding carboxylic acids is 2. The standard InChI is InChI=1S/C19H21FN2O5S/c1-12-5-10-16(28(25,26)21-15-8-6-14(20)7-9-15)11-17(12)19(24)27-13(2)18(23)22(3)4/h5-11,13,21H,1-4H3/t13-/m1/s1. The molecule has 2 rings (SSSR count). The van der Waals surface area contributed by atoms with Gasteiger partial charge in [-0.05, 0) is 55.8 Å². The molecule has 1 atom stereocenters. The second-order valence-electron chi connectivity index (χ2n) is 6.37. The minimum absolute atomic E-state index is 0.0281. The number of aryl methyl sites for hydroxylation is 1. The first-order valence-corrected chi connectivity index (χ1v) is 9.81. The minimum Gasteiger partial charge on any atom is -0.449 e. The van der Waals surface area contributed by atoms with Gasteiger partial charge in [0, 0.05) is 19.8 Å². The van der Waals surface area contributed by atoms with Gasteiger partial charge >= 0.3 is 5.97 Å². The predicted octanol–water partition coefficient (Wildman–Crippen LogP) is 2.57. The Morgan fingerprint density at radius 1 is 1.11 bits per heavy atom. The van der Waals surface area contributed by atoms with Gasteiger partial charge in [-0.25, -0.2) is 17.6 Å². The van der Waals surface area contributed by atoms with Gasteiger partial charge in [0.25, 0.3) is 15.9 Å². The molecule has 0 heterocycles. The number of anilines is 1. The van der Waals surface area contributed by atoms with Crippen LogP contribution in [0, 0.1) is 12.7 Å². The van der Waals surface area contributed by atoms with Crippen molar-refractivity contribution >= 4 is 27.6 Å². The van der Waals surface area contributed by atoms with Crippen LogP contribution in [0.1, 0.15) is 22.8 Å². The Morgan fingerprint density at radius 3 is 2.29 bits per heavy atom. The van der Waals surface area contributed by atoms with E-state index in [0.717, 1.165) is 12.1 Å². The van der Waals surface area contributed by atoms with Crippen molar-refractivity contribution in [2.75, 3.05) is 18.8 Å². The van der Waals surface area contributed by atoms with E-state index in [2.05, 4.69) is 4.72 Å². The molecule has 28 heavy (non-hydrogen) atoms. The molecule has 1 N–H and O–H groups in total. The molecule has 0 saturated heterocycles. The Labute approximate surface area is 163 Å². The zero-order valence-corrected chi connectivity index (χ0v) is 16.7. The highest BCUT2D eigenvalue weighted by atomic mass is 32.2. The average Bonchev–Trinajstić information content (AvgIpc) is 2.62. The van der Waals surface area contributed by atoms with E-state index in [9.17, 15) is 22.4 Å². The Morgan fingerprint density at radius 2 is 1.71 bits per heavy atom. The van der Waals surface area contributed by atoms with Crippen LogP contribution in [0.5, 0.6) is 0 Å². The normalized spacial score (nSPS) is 12.2. The number of halogens is 1. The summed E-state index contributed by atoms with van der Waals surface area (Å²) in [5.74, 6) is -1.70. The average molecular weight is 408 g/mol. The highest BCUT2D eigenvalue weighted by molar-refractivity contribution is 7.92. The van der Waals surface area contributed by atoms with Crippen LogP contribution < -0.4 is 4.72 Å². The number of likely N-dealkylation sites (N-methyl/N-ethyl adjacent to an activating group) is 1. The Kier molecular flexibility index (Phi) is 6.40. The fourth-order valence-corrected chi connectivity index (χ4v) is 3.44. The number of amides is 1. The number of esters is 1. The van der Waals surface area contributed by atoms with E-state index in [0.29, 0.717) is 5.56 Å². The summed E-state index contributed by atoms with van der Waals surface area (Å²) in [6, 6.07) is 8.80. The molecule has 150 valence electrons. The third-order valence-electron chi connectivity index (χ3n) is 3.91. The van der Waals surface area contributed by atoms with Crippen LogP contribution in [0.15, 0.2) is 47.4 Å². The van der Waals surface area contributed by atoms with Crippen molar-refractivity contribution in [2.24, 2.45) is 0 Å². The van der Waals surface area contributed by atoms with Gasteiger partial charge in [0.1, 0.15) is 5.82 Å². The zero-order valence-electron chi connectivity index (χ0n) is 15.9. The minimum atomic E-state index is -4.01. The van der Waals surface area contributed by atoms with E-state index < -0.39 is 33.8 Å². The fourth-order valence-electron chi connectivity index (χ4n) is 2.36. The molecule has 0 aliphatic heterocycles. The number of nitrogens with one attached hydrogen (secondary N) is 1. The van der Waals surface area contributed by atoms with Gasteiger partial charge in [-0.3, -0.25) is 9.52 Å². The summed E-state index contributed by atoms with van der Waals surface area (Å²) >= 11 is 0. The summed E-state index contributed by atoms with van der Waals surface area (Å²) in [4.78, 5) is 25.4. The first-order valence-electron chi connectivity index (χ1n) is 8.32. The first-order chi connectivity index (χ1) is 13.0. The SMILES string of the molecule is Cc1ccc(S(=O)(=O)Nc2ccc(F)cc2)cc1C(=O)O[C@H](C)C(=O)N(C)C. The molecule has 0 unspecified atom stereocenters. The summed E-state index contributed by atoms with van der Waals surface area (Å²) in [7, 11) is -0.945. The summed E-state index contributed by atoms with van der Waals surface area (Å²) < 4.78 is 45.6. The molecular formula is C19H21FN2O5S. The Bertz CT molecular complexity index is 988. The largest absolute Gasteiger partial charge is 0.449 e. The molecule has 9 heteroatoms. The Balaban J connectivity index is 2.27. The number of carbonyl (C=O) groups is 2. The molecule has 7 nitrogen and oxygen atoms in total. The molecule has 0 saturated carbocycles. The highest BCUT2D eigenvalue weighted by Crippen LogP contribution is 2.20. The number of rotatable bonds is 6. The van der Waals surface area contributed by atoms with Crippen LogP contribution >= 0.6 is 0 Å². The van der Waals surface area contributed by atoms with Gasteiger partial charge in [-0.1, -0.05) is 6.07 Å². The van der Waals surface area contributed by atoms with E-state index in [-0.39, 0.29) is 16.1 Å². The van der Waals surface area contributed by atoms with Gasteiger partial charge in [0.2, 0.25) is 0 Å². The lowest BCUT2D eigenvalue weighted by Gasteiger charge is -2.18. The molecule has 0 aliphatic rings. The smallest absolute Gasteiger partial charge is 0.339 e. The Hall–Kier alpha value is -2.94. The van der Waals surface area contributed by atoms with Crippen molar-refractivity contribution in [1.29, 1.82) is 0 Å². The summed E-state index contributed by atoms with van der Waals surface area (Å²) in [5, 5.41) is 0. The number of ether oxygens (including phenoxy) is 1. The van der Waals surface area contributed by atoms with Crippen molar-refractivity contribution in [2.45, 2.75) is 24.8 Å². The van der Waals surface area contributed by atoms with E-state index in [1.807, 2.05) is 0 Å². The molecule has 1 amide bonds. The monoisotopic (exact) mass is 408 g/mol. The lowest BCUT2D eigenvalue weighted by Crippen LogP contribution is -2.35. The molecule has 0 aromatic heterocycles. The maximum absolute atomic E-state index is 13.0. The van der Waals surface area contributed by atoms with Crippen LogP contribution in [0.25, 0.3) is 0 Å². The van der Waals surface area contributed by atoms with Gasteiger partial charge in [-0.2, -0.15) is 0 Å². The molecule has 2 aromatic carbocycles. The summed E-state index contributed by atoms with van der Waals surface area (Å²) in [6.45, 7) is 3.06. The highest BCUT2D eigenvalue weighted by Gasteiger charge is 2.23. The van der Waals surface area contributed by atoms with Crippen LogP contribution in [0.4, 0.5) is 10.1 Å². The lowest BCUT2D eigenvalue weighted by atomic mass is 10.1. The number of sulfonamides is 1. The van der Waals surface area contributed by atoms with E-state index in [1.54, 1.807) is 6.92 Å². The van der Waals surface area contributed by atoms with Crippen LogP contribution in [-0.4, -0.2) is 45.4 Å². The zero-order chi connectivity index (χ0) is 21.1. The number of nitrogens with zero attached hydrogens (tertiary/aromatic N) is 1. The van der Waals surface area contributed by atoms with Crippen molar-refractivity contribution in [3.63, 3.8) is 0 Å². The number of benzene rings is 2. The van der Waals surface area contributed by atoms with Gasteiger partial charge < -0.3 is 9.64 Å². The lowest BCUT2D eigenvalue weighted by molar-refractivity contribution is -0.137. The van der Waals surface area contributed by atoms with Crippen molar-refractivity contribution < 1.29 is 27.1 Å². The summed E-state index contributed by atoms with van der Waals surface area (Å²) in [5.41, 5.74) is 0.701. The van der Waals surface area contributed by atoms with Crippen LogP contribution in [0.2, 0.25) is 0 Å². The van der Waals surface area contributed by atoms with E-state index >= 15 is 0 Å². The third-order valence-corrected chi connectivity index (χ3v) is 5.29. The van der Waals surface area contributed by atoms with Gasteiger partial charge in [0.05, 0.1) is 10.5 Å². The maximum atomic E-state index is 13.0. The van der Waals surface area contributed by atoms with Gasteiger partial charge in [0.15, 0.2) is 6.10 Å². The molecule has 2 aromatic rings. The molecule has 0 fully saturated rings. The van der Waals surface area contributed by atoms with Crippen LogP contribution in [-0.2, 0) is 19.6 Å². The molecular weight excluding hydrogens is 387 g/mol. The first kappa shape index (κ1) is 21.4. The maximum Gasteiger partial charge on any atom is 0.339 e. The fraction of sp³-hybridized carbons (Fsp3) is 0.263.